The first-order valence-corrected chi connectivity index (χ1v) is 8.55. The van der Waals surface area contributed by atoms with Crippen LogP contribution in [0, 0.1) is 11.2 Å². The quantitative estimate of drug-likeness (QED) is 0.668. The van der Waals surface area contributed by atoms with E-state index in [4.69, 9.17) is 5.41 Å². The van der Waals surface area contributed by atoms with Crippen molar-refractivity contribution in [3.63, 3.8) is 0 Å². The Morgan fingerprint density at radius 3 is 2.62 bits per heavy atom. The Bertz CT molecular complexity index is 848. The maximum Gasteiger partial charge on any atom is 0.267 e. The van der Waals surface area contributed by atoms with Gasteiger partial charge in [0.05, 0.1) is 7.05 Å². The van der Waals surface area contributed by atoms with Crippen LogP contribution in [0.3, 0.4) is 0 Å². The molecule has 138 valence electrons. The predicted molar refractivity (Wildman–Crippen MR) is 99.1 cm³/mol. The number of aromatic amines is 1. The molecule has 1 saturated heterocycles. The van der Waals surface area contributed by atoms with Crippen LogP contribution in [-0.4, -0.2) is 61.4 Å². The molecule has 0 spiro atoms. The van der Waals surface area contributed by atoms with Crippen molar-refractivity contribution in [2.45, 2.75) is 12.0 Å². The average molecular weight is 359 g/mol. The van der Waals surface area contributed by atoms with Gasteiger partial charge < -0.3 is 15.2 Å². The molecule has 2 heterocycles. The predicted octanol–water partition coefficient (Wildman–Crippen LogP) is 0.265. The molecule has 4 N–H and O–H groups in total. The molecule has 2 aromatic rings. The Hall–Kier alpha value is -2.58. The summed E-state index contributed by atoms with van der Waals surface area (Å²) in [5, 5.41) is 9.13. The summed E-state index contributed by atoms with van der Waals surface area (Å²) in [6, 6.07) is 6.81. The van der Waals surface area contributed by atoms with Crippen LogP contribution in [-0.2, 0) is 0 Å². The number of hydrogen-bond donors (Lipinski definition) is 3. The molecule has 26 heavy (non-hydrogen) atoms. The molecule has 2 atom stereocenters. The Kier molecular flexibility index (Phi) is 5.15. The van der Waals surface area contributed by atoms with Crippen molar-refractivity contribution in [3.05, 3.63) is 51.6 Å². The topological polar surface area (TPSA) is 92.7 Å². The van der Waals surface area contributed by atoms with Gasteiger partial charge in [-0.15, -0.1) is 0 Å². The number of hydrogen-bond acceptors (Lipinski definition) is 5. The summed E-state index contributed by atoms with van der Waals surface area (Å²) in [5.74, 6) is 0.935. The number of halogens is 1. The van der Waals surface area contributed by atoms with Crippen LogP contribution in [0.5, 0.6) is 0 Å². The molecule has 0 aliphatic carbocycles. The van der Waals surface area contributed by atoms with Gasteiger partial charge in [0.25, 0.3) is 5.56 Å². The summed E-state index contributed by atoms with van der Waals surface area (Å²) < 4.78 is 13.3. The van der Waals surface area contributed by atoms with E-state index in [2.05, 4.69) is 14.9 Å². The summed E-state index contributed by atoms with van der Waals surface area (Å²) in [6.07, 6.45) is 1.03. The van der Waals surface area contributed by atoms with E-state index in [-0.39, 0.29) is 28.9 Å². The highest BCUT2D eigenvalue weighted by Crippen LogP contribution is 2.32. The number of nitrogens with two attached hydrogens (primary N) is 1. The number of rotatable bonds is 5. The summed E-state index contributed by atoms with van der Waals surface area (Å²) in [4.78, 5) is 23.8. The number of nitrogens with zero attached hydrogens (tertiary/aromatic N) is 3. The first-order valence-electron chi connectivity index (χ1n) is 8.55. The molecule has 2 unspecified atom stereocenters. The van der Waals surface area contributed by atoms with E-state index in [1.807, 2.05) is 31.1 Å². The van der Waals surface area contributed by atoms with Crippen molar-refractivity contribution in [2.75, 3.05) is 39.1 Å². The van der Waals surface area contributed by atoms with Crippen LogP contribution in [0.2, 0.25) is 0 Å². The van der Waals surface area contributed by atoms with Gasteiger partial charge in [0.1, 0.15) is 11.4 Å². The van der Waals surface area contributed by atoms with Crippen molar-refractivity contribution < 1.29 is 9.71 Å². The number of benzene rings is 1. The van der Waals surface area contributed by atoms with Gasteiger partial charge in [-0.25, -0.2) is 4.39 Å². The molecule has 8 heteroatoms. The highest BCUT2D eigenvalue weighted by Gasteiger charge is 2.36. The Morgan fingerprint density at radius 1 is 1.35 bits per heavy atom. The fraction of sp³-hybridized carbons (Fsp3) is 0.389. The SMILES string of the molecule is C[NH2+]c1nc(N2CC(c3ccc(F)cc3)C(N(C)C)C2)[nH]c(=O)c1C=N. The summed E-state index contributed by atoms with van der Waals surface area (Å²) in [6.45, 7) is 1.37. The lowest BCUT2D eigenvalue weighted by atomic mass is 9.94. The molecular weight excluding hydrogens is 335 g/mol. The van der Waals surface area contributed by atoms with Crippen molar-refractivity contribution >= 4 is 18.0 Å². The zero-order valence-corrected chi connectivity index (χ0v) is 15.2. The number of quaternary nitrogens is 1. The zero-order chi connectivity index (χ0) is 18.8. The molecule has 7 nitrogen and oxygen atoms in total. The third-order valence-corrected chi connectivity index (χ3v) is 4.94. The van der Waals surface area contributed by atoms with Crippen LogP contribution in [0.25, 0.3) is 0 Å². The molecule has 1 aliphatic heterocycles. The van der Waals surface area contributed by atoms with Gasteiger partial charge in [-0.1, -0.05) is 12.1 Å². The van der Waals surface area contributed by atoms with Crippen LogP contribution >= 0.6 is 0 Å². The van der Waals surface area contributed by atoms with E-state index in [1.165, 1.54) is 12.1 Å². The lowest BCUT2D eigenvalue weighted by molar-refractivity contribution is -0.543. The van der Waals surface area contributed by atoms with Crippen LogP contribution < -0.4 is 15.8 Å². The second kappa shape index (κ2) is 7.35. The minimum atomic E-state index is -0.315. The number of aromatic nitrogens is 2. The van der Waals surface area contributed by atoms with Crippen LogP contribution in [0.4, 0.5) is 16.2 Å². The largest absolute Gasteiger partial charge is 0.340 e. The highest BCUT2D eigenvalue weighted by atomic mass is 19.1. The fourth-order valence-electron chi connectivity index (χ4n) is 3.52. The third-order valence-electron chi connectivity index (χ3n) is 4.94. The highest BCUT2D eigenvalue weighted by molar-refractivity contribution is 5.81. The monoisotopic (exact) mass is 359 g/mol. The van der Waals surface area contributed by atoms with Gasteiger partial charge in [0, 0.05) is 31.3 Å². The summed E-state index contributed by atoms with van der Waals surface area (Å²) >= 11 is 0. The van der Waals surface area contributed by atoms with Gasteiger partial charge in [0.2, 0.25) is 11.8 Å². The van der Waals surface area contributed by atoms with E-state index in [0.717, 1.165) is 11.8 Å². The maximum absolute atomic E-state index is 13.3. The minimum Gasteiger partial charge on any atom is -0.340 e. The van der Waals surface area contributed by atoms with Crippen molar-refractivity contribution in [3.8, 4) is 0 Å². The maximum atomic E-state index is 13.3. The van der Waals surface area contributed by atoms with Gasteiger partial charge in [-0.05, 0) is 31.8 Å². The second-order valence-electron chi connectivity index (χ2n) is 6.72. The lowest BCUT2D eigenvalue weighted by Crippen LogP contribution is -2.74. The fourth-order valence-corrected chi connectivity index (χ4v) is 3.52. The van der Waals surface area contributed by atoms with Crippen molar-refractivity contribution in [2.24, 2.45) is 0 Å². The molecule has 1 aromatic heterocycles. The Morgan fingerprint density at radius 2 is 2.04 bits per heavy atom. The Balaban J connectivity index is 1.95. The first-order chi connectivity index (χ1) is 12.4. The molecule has 1 fully saturated rings. The molecular formula is C18H24FN6O+. The molecule has 1 aromatic carbocycles. The number of anilines is 1. The van der Waals surface area contributed by atoms with Gasteiger partial charge >= 0.3 is 0 Å². The number of nitrogens with one attached hydrogen (secondary N) is 2. The first kappa shape index (κ1) is 18.2. The third kappa shape index (κ3) is 3.38. The minimum absolute atomic E-state index is 0.173. The normalized spacial score (nSPS) is 20.0. The molecule has 0 amide bonds. The van der Waals surface area contributed by atoms with Crippen molar-refractivity contribution in [1.29, 1.82) is 5.41 Å². The van der Waals surface area contributed by atoms with Gasteiger partial charge in [0.15, 0.2) is 0 Å². The van der Waals surface area contributed by atoms with Gasteiger partial charge in [-0.2, -0.15) is 4.98 Å². The van der Waals surface area contributed by atoms with Crippen LogP contribution in [0.15, 0.2) is 29.1 Å². The average Bonchev–Trinajstić information content (AvgIpc) is 3.07. The smallest absolute Gasteiger partial charge is 0.267 e. The van der Waals surface area contributed by atoms with Gasteiger partial charge in [-0.3, -0.25) is 15.1 Å². The molecule has 3 rings (SSSR count). The van der Waals surface area contributed by atoms with E-state index < -0.39 is 0 Å². The Labute approximate surface area is 151 Å². The van der Waals surface area contributed by atoms with Crippen molar-refractivity contribution in [1.82, 2.24) is 14.9 Å². The summed E-state index contributed by atoms with van der Waals surface area (Å²) in [7, 11) is 5.83. The van der Waals surface area contributed by atoms with Crippen LogP contribution in [0.1, 0.15) is 17.0 Å². The molecule has 1 aliphatic rings. The number of likely N-dealkylation sites (N-methyl/N-ethyl adjacent to an activating group) is 1. The summed E-state index contributed by atoms with van der Waals surface area (Å²) in [5.41, 5.74) is 1.01. The van der Waals surface area contributed by atoms with E-state index in [1.54, 1.807) is 12.4 Å². The number of H-pyrrole nitrogens is 1. The van der Waals surface area contributed by atoms with E-state index >= 15 is 0 Å². The second-order valence-corrected chi connectivity index (χ2v) is 6.72. The lowest BCUT2D eigenvalue weighted by Gasteiger charge is -2.25. The van der Waals surface area contributed by atoms with E-state index in [9.17, 15) is 9.18 Å². The van der Waals surface area contributed by atoms with E-state index in [0.29, 0.717) is 24.9 Å². The molecule has 0 saturated carbocycles. The molecule has 0 bridgehead atoms. The standard InChI is InChI=1S/C18H23FN6O/c1-21-16-13(8-20)17(26)23-18(22-16)25-9-14(15(10-25)24(2)3)11-4-6-12(19)7-5-11/h4-8,14-15,20H,9-10H2,1-3H3,(H2,21,22,23,26)/p+1. The molecule has 0 radical (unpaired) electrons. The zero-order valence-electron chi connectivity index (χ0n) is 15.2.